The van der Waals surface area contributed by atoms with Crippen molar-refractivity contribution in [2.45, 2.75) is 13.0 Å². The number of rotatable bonds is 8. The van der Waals surface area contributed by atoms with E-state index in [0.29, 0.717) is 11.3 Å². The lowest BCUT2D eigenvalue weighted by Crippen LogP contribution is -2.35. The molecule has 0 aliphatic heterocycles. The summed E-state index contributed by atoms with van der Waals surface area (Å²) in [7, 11) is 0. The summed E-state index contributed by atoms with van der Waals surface area (Å²) in [5.74, 6) is -1.90. The van der Waals surface area contributed by atoms with Crippen LogP contribution >= 0.6 is 0 Å². The summed E-state index contributed by atoms with van der Waals surface area (Å²) < 4.78 is 32.2. The number of hydrogen-bond acceptors (Lipinski definition) is 4. The number of hydrogen-bond donors (Lipinski definition) is 3. The highest BCUT2D eigenvalue weighted by atomic mass is 19.1. The van der Waals surface area contributed by atoms with E-state index in [-0.39, 0.29) is 30.0 Å². The molecule has 0 aromatic heterocycles. The molecule has 0 radical (unpaired) electrons. The summed E-state index contributed by atoms with van der Waals surface area (Å²) in [6.45, 7) is 1.48. The Labute approximate surface area is 183 Å². The first-order valence-electron chi connectivity index (χ1n) is 9.85. The Morgan fingerprint density at radius 2 is 1.62 bits per heavy atom. The van der Waals surface area contributed by atoms with Gasteiger partial charge in [0.15, 0.2) is 0 Å². The normalized spacial score (nSPS) is 11.5. The van der Waals surface area contributed by atoms with Gasteiger partial charge in [0.05, 0.1) is 16.8 Å². The van der Waals surface area contributed by atoms with E-state index in [9.17, 15) is 23.5 Å². The van der Waals surface area contributed by atoms with Gasteiger partial charge in [0.25, 0.3) is 11.8 Å². The minimum atomic E-state index is -1.02. The Kier molecular flexibility index (Phi) is 7.51. The van der Waals surface area contributed by atoms with Crippen molar-refractivity contribution < 1.29 is 28.2 Å². The third-order valence-corrected chi connectivity index (χ3v) is 4.63. The molecule has 1 atom stereocenters. The van der Waals surface area contributed by atoms with E-state index in [1.165, 1.54) is 48.5 Å². The second-order valence-corrected chi connectivity index (χ2v) is 7.06. The Balaban J connectivity index is 1.62. The van der Waals surface area contributed by atoms with Crippen LogP contribution in [0.3, 0.4) is 0 Å². The van der Waals surface area contributed by atoms with Gasteiger partial charge in [-0.25, -0.2) is 8.78 Å². The number of aryl methyl sites for hydroxylation is 1. The summed E-state index contributed by atoms with van der Waals surface area (Å²) in [6.07, 6.45) is -1.02. The molecule has 3 aromatic carbocycles. The highest BCUT2D eigenvalue weighted by molar-refractivity contribution is 6.09. The summed E-state index contributed by atoms with van der Waals surface area (Å²) >= 11 is 0. The van der Waals surface area contributed by atoms with E-state index < -0.39 is 29.6 Å². The van der Waals surface area contributed by atoms with Crippen molar-refractivity contribution in [3.8, 4) is 5.75 Å². The molecule has 8 heteroatoms. The Bertz CT molecular complexity index is 1100. The third kappa shape index (κ3) is 5.89. The standard InChI is InChI=1S/C24H22F2N2O4/c1-15-5-4-7-20(22(15)28-24(31)19-6-2-3-8-21(19)26)23(30)27-13-17(29)14-32-18-11-9-16(25)10-12-18/h2-12,17,29H,13-14H2,1H3,(H,27,30)(H,28,31). The zero-order valence-corrected chi connectivity index (χ0v) is 17.3. The zero-order valence-electron chi connectivity index (χ0n) is 17.3. The predicted octanol–water partition coefficient (Wildman–Crippen LogP) is 3.70. The number of aliphatic hydroxyl groups excluding tert-OH is 1. The minimum Gasteiger partial charge on any atom is -0.491 e. The molecule has 2 amide bonds. The number of amides is 2. The molecule has 0 fully saturated rings. The first kappa shape index (κ1) is 22.9. The molecule has 0 bridgehead atoms. The van der Waals surface area contributed by atoms with Crippen LogP contribution in [0.15, 0.2) is 66.7 Å². The van der Waals surface area contributed by atoms with Gasteiger partial charge in [-0.1, -0.05) is 24.3 Å². The van der Waals surface area contributed by atoms with E-state index in [2.05, 4.69) is 10.6 Å². The second kappa shape index (κ2) is 10.5. The molecule has 0 heterocycles. The molecule has 6 nitrogen and oxygen atoms in total. The Morgan fingerprint density at radius 3 is 2.34 bits per heavy atom. The lowest BCUT2D eigenvalue weighted by Gasteiger charge is -2.16. The Morgan fingerprint density at radius 1 is 0.938 bits per heavy atom. The van der Waals surface area contributed by atoms with E-state index >= 15 is 0 Å². The van der Waals surface area contributed by atoms with E-state index in [0.717, 1.165) is 0 Å². The summed E-state index contributed by atoms with van der Waals surface area (Å²) in [4.78, 5) is 25.2. The minimum absolute atomic E-state index is 0.114. The number of benzene rings is 3. The van der Waals surface area contributed by atoms with Crippen molar-refractivity contribution in [2.75, 3.05) is 18.5 Å². The number of para-hydroxylation sites is 1. The summed E-state index contributed by atoms with van der Waals surface area (Å²) in [5, 5.41) is 15.3. The molecular weight excluding hydrogens is 418 g/mol. The largest absolute Gasteiger partial charge is 0.491 e. The molecule has 32 heavy (non-hydrogen) atoms. The van der Waals surface area contributed by atoms with Crippen molar-refractivity contribution in [3.05, 3.63) is 95.1 Å². The highest BCUT2D eigenvalue weighted by Gasteiger charge is 2.18. The fourth-order valence-electron chi connectivity index (χ4n) is 2.94. The van der Waals surface area contributed by atoms with Crippen LogP contribution in [0.25, 0.3) is 0 Å². The van der Waals surface area contributed by atoms with Crippen molar-refractivity contribution in [1.29, 1.82) is 0 Å². The fourth-order valence-corrected chi connectivity index (χ4v) is 2.94. The average Bonchev–Trinajstić information content (AvgIpc) is 2.78. The maximum atomic E-state index is 13.9. The highest BCUT2D eigenvalue weighted by Crippen LogP contribution is 2.22. The van der Waals surface area contributed by atoms with Crippen molar-refractivity contribution in [2.24, 2.45) is 0 Å². The molecule has 0 spiro atoms. The van der Waals surface area contributed by atoms with Crippen LogP contribution in [0.4, 0.5) is 14.5 Å². The van der Waals surface area contributed by atoms with Crippen LogP contribution in [-0.2, 0) is 0 Å². The number of carbonyl (C=O) groups excluding carboxylic acids is 2. The van der Waals surface area contributed by atoms with Gasteiger partial charge < -0.3 is 20.5 Å². The zero-order chi connectivity index (χ0) is 23.1. The molecule has 0 aliphatic rings. The third-order valence-electron chi connectivity index (χ3n) is 4.63. The lowest BCUT2D eigenvalue weighted by molar-refractivity contribution is 0.0844. The van der Waals surface area contributed by atoms with Crippen LogP contribution in [0.5, 0.6) is 5.75 Å². The quantitative estimate of drug-likeness (QED) is 0.499. The van der Waals surface area contributed by atoms with Crippen LogP contribution in [0.1, 0.15) is 26.3 Å². The second-order valence-electron chi connectivity index (χ2n) is 7.06. The molecule has 3 rings (SSSR count). The van der Waals surface area contributed by atoms with Crippen LogP contribution < -0.4 is 15.4 Å². The number of ether oxygens (including phenoxy) is 1. The van der Waals surface area contributed by atoms with Crippen LogP contribution in [-0.4, -0.2) is 36.2 Å². The predicted molar refractivity (Wildman–Crippen MR) is 116 cm³/mol. The topological polar surface area (TPSA) is 87.7 Å². The average molecular weight is 440 g/mol. The Hall–Kier alpha value is -3.78. The molecule has 0 aliphatic carbocycles. The number of nitrogens with one attached hydrogen (secondary N) is 2. The van der Waals surface area contributed by atoms with Gasteiger partial charge in [-0.3, -0.25) is 9.59 Å². The SMILES string of the molecule is Cc1cccc(C(=O)NCC(O)COc2ccc(F)cc2)c1NC(=O)c1ccccc1F. The number of anilines is 1. The number of aliphatic hydroxyl groups is 1. The molecular formula is C24H22F2N2O4. The molecule has 0 saturated heterocycles. The molecule has 0 saturated carbocycles. The number of halogens is 2. The monoisotopic (exact) mass is 440 g/mol. The number of carbonyl (C=O) groups is 2. The maximum Gasteiger partial charge on any atom is 0.258 e. The van der Waals surface area contributed by atoms with Crippen molar-refractivity contribution in [1.82, 2.24) is 5.32 Å². The van der Waals surface area contributed by atoms with Gasteiger partial charge in [-0.05, 0) is 55.0 Å². The van der Waals surface area contributed by atoms with Crippen LogP contribution in [0.2, 0.25) is 0 Å². The first-order chi connectivity index (χ1) is 15.3. The molecule has 166 valence electrons. The maximum absolute atomic E-state index is 13.9. The summed E-state index contributed by atoms with van der Waals surface area (Å²) in [5.41, 5.74) is 0.884. The van der Waals surface area contributed by atoms with Gasteiger partial charge in [0.1, 0.15) is 30.1 Å². The lowest BCUT2D eigenvalue weighted by atomic mass is 10.1. The van der Waals surface area contributed by atoms with Crippen molar-refractivity contribution >= 4 is 17.5 Å². The van der Waals surface area contributed by atoms with E-state index in [1.54, 1.807) is 25.1 Å². The van der Waals surface area contributed by atoms with Crippen LogP contribution in [0, 0.1) is 18.6 Å². The fraction of sp³-hybridized carbons (Fsp3) is 0.167. The van der Waals surface area contributed by atoms with Gasteiger partial charge in [-0.2, -0.15) is 0 Å². The van der Waals surface area contributed by atoms with Gasteiger partial charge >= 0.3 is 0 Å². The van der Waals surface area contributed by atoms with Gasteiger partial charge in [-0.15, -0.1) is 0 Å². The molecule has 3 N–H and O–H groups in total. The van der Waals surface area contributed by atoms with E-state index in [4.69, 9.17) is 4.74 Å². The van der Waals surface area contributed by atoms with E-state index in [1.807, 2.05) is 0 Å². The van der Waals surface area contributed by atoms with Gasteiger partial charge in [0, 0.05) is 6.54 Å². The molecule has 1 unspecified atom stereocenters. The smallest absolute Gasteiger partial charge is 0.258 e. The first-order valence-corrected chi connectivity index (χ1v) is 9.85. The van der Waals surface area contributed by atoms with Gasteiger partial charge in [0.2, 0.25) is 0 Å². The molecule has 3 aromatic rings. The van der Waals surface area contributed by atoms with Crippen molar-refractivity contribution in [3.63, 3.8) is 0 Å². The summed E-state index contributed by atoms with van der Waals surface area (Å²) in [6, 6.07) is 15.7.